The molecule has 0 fully saturated rings. The average molecular weight is 427 g/mol. The van der Waals surface area contributed by atoms with E-state index in [9.17, 15) is 0 Å². The Morgan fingerprint density at radius 2 is 0.938 bits per heavy atom. The fourth-order valence-corrected chi connectivity index (χ4v) is 4.58. The van der Waals surface area contributed by atoms with Gasteiger partial charge in [0.2, 0.25) is 0 Å². The molecule has 3 aromatic rings. The van der Waals surface area contributed by atoms with E-state index in [2.05, 4.69) is 110 Å². The Bertz CT molecular complexity index is 782. The summed E-state index contributed by atoms with van der Waals surface area (Å²) >= 11 is 0. The number of unbranched alkanes of at least 4 members (excludes halogenated alkanes) is 4. The molecule has 3 rings (SSSR count). The van der Waals surface area contributed by atoms with E-state index in [-0.39, 0.29) is 0 Å². The summed E-state index contributed by atoms with van der Waals surface area (Å²) in [7, 11) is 0. The van der Waals surface area contributed by atoms with E-state index in [0.29, 0.717) is 0 Å². The van der Waals surface area contributed by atoms with Crippen molar-refractivity contribution in [3.8, 4) is 0 Å². The molecule has 0 aromatic heterocycles. The normalized spacial score (nSPS) is 11.8. The minimum atomic E-state index is 1.07. The molecule has 0 radical (unpaired) electrons. The number of allylic oxidation sites excluding steroid dienone is 2. The van der Waals surface area contributed by atoms with Crippen molar-refractivity contribution >= 4 is 0 Å². The molecule has 0 aliphatic carbocycles. The van der Waals surface area contributed by atoms with Crippen LogP contribution in [0.2, 0.25) is 0 Å². The molecule has 0 heterocycles. The van der Waals surface area contributed by atoms with Gasteiger partial charge in [0.05, 0.1) is 6.54 Å². The van der Waals surface area contributed by atoms with E-state index in [1.807, 2.05) is 0 Å². The van der Waals surface area contributed by atoms with Gasteiger partial charge in [0.1, 0.15) is 19.6 Å². The Kier molecular flexibility index (Phi) is 10.3. The maximum absolute atomic E-state index is 2.40. The summed E-state index contributed by atoms with van der Waals surface area (Å²) in [6.45, 7) is 6.66. The zero-order valence-corrected chi connectivity index (χ0v) is 19.8. The highest BCUT2D eigenvalue weighted by Gasteiger charge is 2.28. The molecule has 0 spiro atoms. The van der Waals surface area contributed by atoms with Gasteiger partial charge in [0.15, 0.2) is 0 Å². The van der Waals surface area contributed by atoms with E-state index in [0.717, 1.165) is 24.1 Å². The number of benzene rings is 3. The van der Waals surface area contributed by atoms with Crippen molar-refractivity contribution < 1.29 is 4.48 Å². The first-order chi connectivity index (χ1) is 15.8. The van der Waals surface area contributed by atoms with E-state index in [1.54, 1.807) is 0 Å². The van der Waals surface area contributed by atoms with Crippen LogP contribution in [0.25, 0.3) is 0 Å². The van der Waals surface area contributed by atoms with Gasteiger partial charge >= 0.3 is 0 Å². The molecule has 0 aliphatic rings. The smallest absolute Gasteiger partial charge is 0.105 e. The second kappa shape index (κ2) is 13.7. The predicted octanol–water partition coefficient (Wildman–Crippen LogP) is 8.32. The fraction of sp³-hybridized carbons (Fsp3) is 0.355. The van der Waals surface area contributed by atoms with Crippen LogP contribution < -0.4 is 0 Å². The van der Waals surface area contributed by atoms with Gasteiger partial charge in [0, 0.05) is 16.7 Å². The summed E-state index contributed by atoms with van der Waals surface area (Å²) in [5, 5.41) is 0. The van der Waals surface area contributed by atoms with Crippen molar-refractivity contribution in [3.63, 3.8) is 0 Å². The summed E-state index contributed by atoms with van der Waals surface area (Å²) in [6, 6.07) is 33.2. The Labute approximate surface area is 196 Å². The first kappa shape index (κ1) is 24.0. The largest absolute Gasteiger partial charge is 0.312 e. The van der Waals surface area contributed by atoms with Gasteiger partial charge < -0.3 is 4.48 Å². The van der Waals surface area contributed by atoms with Gasteiger partial charge in [-0.25, -0.2) is 0 Å². The molecular weight excluding hydrogens is 386 g/mol. The Balaban J connectivity index is 1.77. The van der Waals surface area contributed by atoms with Crippen LogP contribution in [-0.2, 0) is 19.6 Å². The van der Waals surface area contributed by atoms with Gasteiger partial charge in [-0.3, -0.25) is 0 Å². The molecule has 0 N–H and O–H groups in total. The summed E-state index contributed by atoms with van der Waals surface area (Å²) in [5.41, 5.74) is 4.29. The molecule has 1 nitrogen and oxygen atoms in total. The molecule has 0 aliphatic heterocycles. The second-order valence-electron chi connectivity index (χ2n) is 9.11. The van der Waals surface area contributed by atoms with Crippen LogP contribution in [-0.4, -0.2) is 11.0 Å². The molecule has 0 unspecified atom stereocenters. The van der Waals surface area contributed by atoms with Crippen LogP contribution in [0.4, 0.5) is 0 Å². The van der Waals surface area contributed by atoms with Gasteiger partial charge in [-0.05, 0) is 25.7 Å². The third kappa shape index (κ3) is 8.48. The maximum Gasteiger partial charge on any atom is 0.105 e. The minimum absolute atomic E-state index is 1.07. The number of hydrogen-bond donors (Lipinski definition) is 0. The van der Waals surface area contributed by atoms with E-state index in [1.165, 1.54) is 61.8 Å². The van der Waals surface area contributed by atoms with Gasteiger partial charge in [-0.1, -0.05) is 123 Å². The highest BCUT2D eigenvalue weighted by atomic mass is 15.3. The summed E-state index contributed by atoms with van der Waals surface area (Å²) in [5.74, 6) is 0. The first-order valence-corrected chi connectivity index (χ1v) is 12.4. The molecule has 0 saturated carbocycles. The number of hydrogen-bond acceptors (Lipinski definition) is 0. The van der Waals surface area contributed by atoms with Crippen molar-refractivity contribution in [2.24, 2.45) is 0 Å². The number of quaternary nitrogens is 1. The van der Waals surface area contributed by atoms with E-state index in [4.69, 9.17) is 0 Å². The molecule has 3 aromatic carbocycles. The Hall–Kier alpha value is -2.64. The van der Waals surface area contributed by atoms with Crippen LogP contribution in [0, 0.1) is 0 Å². The number of nitrogens with zero attached hydrogens (tertiary/aromatic N) is 1. The lowest BCUT2D eigenvalue weighted by atomic mass is 10.1. The third-order valence-electron chi connectivity index (χ3n) is 6.23. The quantitative estimate of drug-likeness (QED) is 0.138. The predicted molar refractivity (Wildman–Crippen MR) is 138 cm³/mol. The van der Waals surface area contributed by atoms with Crippen LogP contribution in [0.1, 0.15) is 62.1 Å². The highest BCUT2D eigenvalue weighted by Crippen LogP contribution is 2.25. The van der Waals surface area contributed by atoms with Crippen molar-refractivity contribution in [3.05, 3.63) is 120 Å². The molecular formula is C31H40N+. The third-order valence-corrected chi connectivity index (χ3v) is 6.23. The fourth-order valence-electron chi connectivity index (χ4n) is 4.58. The van der Waals surface area contributed by atoms with Crippen LogP contribution in [0.15, 0.2) is 103 Å². The lowest BCUT2D eigenvalue weighted by Crippen LogP contribution is -2.46. The molecule has 168 valence electrons. The average Bonchev–Trinajstić information content (AvgIpc) is 2.83. The zero-order chi connectivity index (χ0) is 22.3. The summed E-state index contributed by atoms with van der Waals surface area (Å²) < 4.78 is 1.07. The van der Waals surface area contributed by atoms with Gasteiger partial charge in [-0.2, -0.15) is 0 Å². The lowest BCUT2D eigenvalue weighted by molar-refractivity contribution is -0.966. The Morgan fingerprint density at radius 1 is 0.531 bits per heavy atom. The molecule has 1 heteroatoms. The van der Waals surface area contributed by atoms with Gasteiger partial charge in [0.25, 0.3) is 0 Å². The monoisotopic (exact) mass is 426 g/mol. The van der Waals surface area contributed by atoms with Crippen molar-refractivity contribution in [2.75, 3.05) is 6.54 Å². The zero-order valence-electron chi connectivity index (χ0n) is 19.8. The molecule has 0 saturated heterocycles. The molecule has 0 bridgehead atoms. The van der Waals surface area contributed by atoms with Crippen LogP contribution in [0.5, 0.6) is 0 Å². The standard InChI is InChI=1S/C31H40N/c1-2-3-4-5-6-7-8-18-25-32(26-29-19-12-9-13-20-29,27-30-21-14-10-15-22-30)28-31-23-16-11-17-24-31/h5-6,9-17,19-24H,2-4,7-8,18,25-28H2,1H3/q+1/b6-5+. The first-order valence-electron chi connectivity index (χ1n) is 12.4. The topological polar surface area (TPSA) is 0 Å². The lowest BCUT2D eigenvalue weighted by Gasteiger charge is -2.39. The maximum atomic E-state index is 2.40. The van der Waals surface area contributed by atoms with E-state index >= 15 is 0 Å². The second-order valence-corrected chi connectivity index (χ2v) is 9.11. The van der Waals surface area contributed by atoms with Crippen LogP contribution in [0.3, 0.4) is 0 Å². The SMILES string of the molecule is CCCC/C=C/CCCC[N+](Cc1ccccc1)(Cc1ccccc1)Cc1ccccc1. The molecule has 0 amide bonds. The molecule has 0 atom stereocenters. The van der Waals surface area contributed by atoms with Crippen molar-refractivity contribution in [1.29, 1.82) is 0 Å². The minimum Gasteiger partial charge on any atom is -0.312 e. The number of rotatable bonds is 14. The van der Waals surface area contributed by atoms with Crippen molar-refractivity contribution in [2.45, 2.75) is 65.1 Å². The van der Waals surface area contributed by atoms with Crippen LogP contribution >= 0.6 is 0 Å². The summed E-state index contributed by atoms with van der Waals surface area (Å²) in [4.78, 5) is 0. The summed E-state index contributed by atoms with van der Waals surface area (Å²) in [6.07, 6.45) is 12.3. The van der Waals surface area contributed by atoms with Gasteiger partial charge in [-0.15, -0.1) is 0 Å². The highest BCUT2D eigenvalue weighted by molar-refractivity contribution is 5.17. The molecule has 32 heavy (non-hydrogen) atoms. The Morgan fingerprint density at radius 3 is 1.34 bits per heavy atom. The van der Waals surface area contributed by atoms with Crippen molar-refractivity contribution in [1.82, 2.24) is 0 Å². The van der Waals surface area contributed by atoms with E-state index < -0.39 is 0 Å².